The van der Waals surface area contributed by atoms with Gasteiger partial charge in [0, 0.05) is 60.6 Å². The number of halogens is 1. The average molecular weight is 736 g/mol. The fourth-order valence-corrected chi connectivity index (χ4v) is 3.65. The Hall–Kier alpha value is -4.58. The molecule has 48 heavy (non-hydrogen) atoms. The molecule has 3 aromatic heterocycles. The maximum Gasteiger partial charge on any atom is 1.00 e. The van der Waals surface area contributed by atoms with Crippen LogP contribution in [0, 0.1) is 34.1 Å². The predicted molar refractivity (Wildman–Crippen MR) is 177 cm³/mol. The molecule has 0 aliphatic heterocycles. The van der Waals surface area contributed by atoms with Crippen molar-refractivity contribution in [1.82, 2.24) is 14.4 Å². The zero-order valence-corrected chi connectivity index (χ0v) is 30.1. The van der Waals surface area contributed by atoms with Crippen LogP contribution < -0.4 is 40.5 Å². The van der Waals surface area contributed by atoms with Gasteiger partial charge in [-0.05, 0) is 68.3 Å². The molecule has 0 aliphatic carbocycles. The third-order valence-electron chi connectivity index (χ3n) is 5.47. The Labute approximate surface area is 306 Å². The standard InChI is InChI=1S/C14H11N3O2.C8H6BrNO3.C6H8N2.C2H6O.CH2O3.Na/c1-10-2-7-14-15-13(9-16(14)8-10)11-3-5-12(6-4-11)17(18)19;9-5-8(11)6-1-3-7(4-2-6)10(12)13;1-5-2-3-6(7)8-4-5;1-2-3;2-1-4-3;/h2-9H,1H3;1-4H,5H2;2-4H,1H3,(H2,7,8);3H,2H2,1H3;1,3H;/q;;;;;+1/p-1. The summed E-state index contributed by atoms with van der Waals surface area (Å²) in [5.74, 6) is 0.491. The molecule has 0 amide bonds. The first-order valence-corrected chi connectivity index (χ1v) is 14.6. The van der Waals surface area contributed by atoms with Gasteiger partial charge in [-0.25, -0.2) is 9.97 Å². The maximum atomic E-state index is 11.1. The Bertz CT molecular complexity index is 1700. The number of carbonyl (C=O) groups excluding carboxylic acids is 2. The number of rotatable bonds is 6. The third-order valence-corrected chi connectivity index (χ3v) is 5.98. The van der Waals surface area contributed by atoms with E-state index in [-0.39, 0.29) is 65.1 Å². The number of ketones is 1. The fraction of sp³-hybridized carbons (Fsp3) is 0.161. The average Bonchev–Trinajstić information content (AvgIpc) is 3.50. The summed E-state index contributed by atoms with van der Waals surface area (Å²) in [7, 11) is 0. The summed E-state index contributed by atoms with van der Waals surface area (Å²) in [6.07, 6.45) is 5.66. The Kier molecular flexibility index (Phi) is 21.4. The van der Waals surface area contributed by atoms with Crippen LogP contribution in [0.5, 0.6) is 0 Å². The van der Waals surface area contributed by atoms with Crippen LogP contribution in [0.25, 0.3) is 16.9 Å². The zero-order chi connectivity index (χ0) is 35.4. The van der Waals surface area contributed by atoms with E-state index >= 15 is 0 Å². The van der Waals surface area contributed by atoms with Gasteiger partial charge < -0.3 is 25.4 Å². The number of nitro groups is 2. The second-order valence-corrected chi connectivity index (χ2v) is 9.59. The maximum absolute atomic E-state index is 11.1. The molecule has 0 aliphatic rings. The monoisotopic (exact) mass is 734 g/mol. The SMILES string of the molecule is CCO.Cc1ccc(N)nc1.Cc1ccc2nc(-c3ccc([N+](=O)[O-])cc3)cn2c1.O=C(CBr)c1ccc([N+](=O)[O-])cc1.O=CO[O-].[Na+]. The number of hydrogen-bond acceptors (Lipinski definition) is 12. The predicted octanol–water partition coefficient (Wildman–Crippen LogP) is 1.80. The molecule has 0 bridgehead atoms. The number of nitrogen functional groups attached to an aromatic ring is 1. The number of nitrogens with two attached hydrogens (primary N) is 1. The van der Waals surface area contributed by atoms with Crippen LogP contribution in [-0.4, -0.2) is 53.5 Å². The molecular formula is C31H32BrN6NaO9. The topological polar surface area (TPSA) is 229 Å². The van der Waals surface area contributed by atoms with E-state index in [1.807, 2.05) is 48.8 Å². The first-order valence-electron chi connectivity index (χ1n) is 13.5. The number of nitrogens with zero attached hydrogens (tertiary/aromatic N) is 5. The van der Waals surface area contributed by atoms with Gasteiger partial charge in [0.2, 0.25) is 0 Å². The first kappa shape index (κ1) is 43.4. The summed E-state index contributed by atoms with van der Waals surface area (Å²) >= 11 is 3.02. The minimum absolute atomic E-state index is 0. The Balaban J connectivity index is 0.000000662. The summed E-state index contributed by atoms with van der Waals surface area (Å²) in [4.78, 5) is 50.6. The van der Waals surface area contributed by atoms with E-state index in [0.717, 1.165) is 28.0 Å². The molecule has 5 rings (SSSR count). The number of nitro benzene ring substituents is 2. The van der Waals surface area contributed by atoms with Crippen molar-refractivity contribution in [1.29, 1.82) is 0 Å². The van der Waals surface area contributed by atoms with Gasteiger partial charge in [0.1, 0.15) is 11.5 Å². The number of benzene rings is 2. The Morgan fingerprint density at radius 1 is 0.938 bits per heavy atom. The van der Waals surface area contributed by atoms with Crippen LogP contribution in [0.2, 0.25) is 0 Å². The van der Waals surface area contributed by atoms with Gasteiger partial charge in [-0.15, -0.1) is 0 Å². The second kappa shape index (κ2) is 23.7. The molecule has 0 saturated carbocycles. The van der Waals surface area contributed by atoms with Gasteiger partial charge >= 0.3 is 29.6 Å². The van der Waals surface area contributed by atoms with Crippen LogP contribution >= 0.6 is 15.9 Å². The smallest absolute Gasteiger partial charge is 0.662 e. The number of aliphatic hydroxyl groups excluding tert-OH is 1. The number of non-ortho nitro benzene ring substituents is 2. The number of imidazole rings is 1. The molecule has 5 aromatic rings. The number of aliphatic hydroxyl groups is 1. The van der Waals surface area contributed by atoms with E-state index in [9.17, 15) is 25.0 Å². The molecular weight excluding hydrogens is 703 g/mol. The minimum Gasteiger partial charge on any atom is -0.662 e. The molecule has 3 heterocycles. The number of aryl methyl sites for hydroxylation is 2. The quantitative estimate of drug-likeness (QED) is 0.0484. The molecule has 0 atom stereocenters. The number of aromatic nitrogens is 3. The van der Waals surface area contributed by atoms with Crippen molar-refractivity contribution < 1.29 is 64.2 Å². The minimum atomic E-state index is -0.498. The molecule has 0 radical (unpaired) electrons. The number of hydrogen-bond donors (Lipinski definition) is 2. The van der Waals surface area contributed by atoms with Crippen LogP contribution in [0.1, 0.15) is 28.4 Å². The van der Waals surface area contributed by atoms with Crippen molar-refractivity contribution in [3.05, 3.63) is 128 Å². The third kappa shape index (κ3) is 15.8. The number of Topliss-reactive ketones (excluding diaryl/α,β-unsaturated/α-hetero) is 1. The largest absolute Gasteiger partial charge is 1.00 e. The molecule has 17 heteroatoms. The molecule has 0 spiro atoms. The van der Waals surface area contributed by atoms with Gasteiger partial charge in [-0.1, -0.05) is 28.1 Å². The van der Waals surface area contributed by atoms with E-state index in [2.05, 4.69) is 30.8 Å². The summed E-state index contributed by atoms with van der Waals surface area (Å²) in [6, 6.07) is 19.6. The van der Waals surface area contributed by atoms with Gasteiger partial charge in [0.25, 0.3) is 17.8 Å². The van der Waals surface area contributed by atoms with Crippen LogP contribution in [-0.2, 0) is 9.68 Å². The number of pyridine rings is 2. The van der Waals surface area contributed by atoms with Crippen molar-refractivity contribution in [3.63, 3.8) is 0 Å². The van der Waals surface area contributed by atoms with Crippen LogP contribution in [0.3, 0.4) is 0 Å². The van der Waals surface area contributed by atoms with Crippen LogP contribution in [0.4, 0.5) is 17.2 Å². The Morgan fingerprint density at radius 3 is 1.85 bits per heavy atom. The molecule has 0 fully saturated rings. The van der Waals surface area contributed by atoms with Crippen molar-refractivity contribution in [2.24, 2.45) is 0 Å². The van der Waals surface area contributed by atoms with Crippen molar-refractivity contribution in [2.45, 2.75) is 20.8 Å². The Morgan fingerprint density at radius 2 is 1.44 bits per heavy atom. The second-order valence-electron chi connectivity index (χ2n) is 9.03. The normalized spacial score (nSPS) is 9.21. The van der Waals surface area contributed by atoms with E-state index in [4.69, 9.17) is 20.9 Å². The van der Waals surface area contributed by atoms with Gasteiger partial charge in [-0.3, -0.25) is 29.8 Å². The summed E-state index contributed by atoms with van der Waals surface area (Å²) in [5.41, 5.74) is 10.7. The summed E-state index contributed by atoms with van der Waals surface area (Å²) < 4.78 is 1.95. The molecule has 0 unspecified atom stereocenters. The molecule has 248 valence electrons. The molecule has 2 aromatic carbocycles. The van der Waals surface area contributed by atoms with Gasteiger partial charge in [-0.2, -0.15) is 0 Å². The van der Waals surface area contributed by atoms with E-state index in [1.54, 1.807) is 31.3 Å². The van der Waals surface area contributed by atoms with Gasteiger partial charge in [0.15, 0.2) is 5.78 Å². The van der Waals surface area contributed by atoms with Crippen LogP contribution in [0.15, 0.2) is 91.4 Å². The molecule has 3 N–H and O–H groups in total. The van der Waals surface area contributed by atoms with E-state index in [0.29, 0.717) is 11.4 Å². The molecule has 15 nitrogen and oxygen atoms in total. The molecule has 0 saturated heterocycles. The number of fused-ring (bicyclic) bond motifs is 1. The van der Waals surface area contributed by atoms with E-state index in [1.165, 1.54) is 36.4 Å². The van der Waals surface area contributed by atoms with E-state index < -0.39 is 9.85 Å². The number of alkyl halides is 1. The first-order chi connectivity index (χ1) is 22.4. The van der Waals surface area contributed by atoms with Gasteiger partial charge in [0.05, 0.1) is 20.9 Å². The fourth-order valence-electron chi connectivity index (χ4n) is 3.32. The number of anilines is 1. The van der Waals surface area contributed by atoms with Crippen molar-refractivity contribution >= 4 is 51.0 Å². The summed E-state index contributed by atoms with van der Waals surface area (Å²) in [6.45, 7) is 5.75. The van der Waals surface area contributed by atoms with Crippen molar-refractivity contribution in [3.8, 4) is 11.3 Å². The number of carbonyl (C=O) groups is 2. The van der Waals surface area contributed by atoms with Crippen molar-refractivity contribution in [2.75, 3.05) is 17.7 Å². The summed E-state index contributed by atoms with van der Waals surface area (Å²) in [5, 5.41) is 37.1. The zero-order valence-electron chi connectivity index (χ0n) is 26.6.